The lowest BCUT2D eigenvalue weighted by Crippen LogP contribution is -2.16. The van der Waals surface area contributed by atoms with Gasteiger partial charge < -0.3 is 5.32 Å². The summed E-state index contributed by atoms with van der Waals surface area (Å²) in [5.41, 5.74) is 1.19. The summed E-state index contributed by atoms with van der Waals surface area (Å²) in [5.74, 6) is 1.19. The molecule has 0 bridgehead atoms. The van der Waals surface area contributed by atoms with Crippen LogP contribution in [0.1, 0.15) is 13.3 Å². The molecule has 0 aliphatic heterocycles. The molecule has 1 aromatic carbocycles. The summed E-state index contributed by atoms with van der Waals surface area (Å²) in [5, 5.41) is 3.35. The summed E-state index contributed by atoms with van der Waals surface area (Å²) >= 11 is 1.80. The van der Waals surface area contributed by atoms with Crippen LogP contribution in [-0.2, 0) is 0 Å². The summed E-state index contributed by atoms with van der Waals surface area (Å²) < 4.78 is 3.31. The van der Waals surface area contributed by atoms with Crippen molar-refractivity contribution in [2.24, 2.45) is 0 Å². The van der Waals surface area contributed by atoms with E-state index in [1.807, 2.05) is 18.2 Å². The summed E-state index contributed by atoms with van der Waals surface area (Å²) in [4.78, 5) is 0. The smallest absolute Gasteiger partial charge is 0.0340 e. The van der Waals surface area contributed by atoms with Crippen molar-refractivity contribution in [3.05, 3.63) is 30.3 Å². The second kappa shape index (κ2) is 7.71. The highest BCUT2D eigenvalue weighted by Gasteiger charge is 1.89. The molecule has 0 fully saturated rings. The summed E-state index contributed by atoms with van der Waals surface area (Å²) in [6, 6.07) is 10.3. The Morgan fingerprint density at radius 3 is 2.64 bits per heavy atom. The van der Waals surface area contributed by atoms with Gasteiger partial charge in [-0.1, -0.05) is 37.1 Å². The molecule has 0 radical (unpaired) electrons. The van der Waals surface area contributed by atoms with Crippen LogP contribution in [0.25, 0.3) is 0 Å². The van der Waals surface area contributed by atoms with Gasteiger partial charge in [-0.05, 0) is 18.6 Å². The van der Waals surface area contributed by atoms with Crippen LogP contribution in [-0.4, -0.2) is 18.8 Å². The Balaban J connectivity index is 1.99. The molecule has 0 heterocycles. The average molecular weight is 210 g/mol. The molecule has 0 atom stereocenters. The van der Waals surface area contributed by atoms with Crippen LogP contribution < -0.4 is 10.0 Å². The average Bonchev–Trinajstić information content (AvgIpc) is 2.25. The maximum atomic E-state index is 3.35. The molecule has 3 heteroatoms. The number of rotatable bonds is 7. The van der Waals surface area contributed by atoms with Crippen molar-refractivity contribution < 1.29 is 0 Å². The molecule has 0 saturated carbocycles. The van der Waals surface area contributed by atoms with Crippen LogP contribution in [0.15, 0.2) is 30.3 Å². The van der Waals surface area contributed by atoms with Crippen LogP contribution in [0.4, 0.5) is 5.69 Å². The van der Waals surface area contributed by atoms with Gasteiger partial charge >= 0.3 is 0 Å². The molecule has 2 N–H and O–H groups in total. The zero-order chi connectivity index (χ0) is 10.1. The van der Waals surface area contributed by atoms with E-state index in [0.717, 1.165) is 13.1 Å². The highest BCUT2D eigenvalue weighted by molar-refractivity contribution is 7.97. The Bertz CT molecular complexity index is 226. The van der Waals surface area contributed by atoms with Crippen molar-refractivity contribution in [2.45, 2.75) is 13.3 Å². The zero-order valence-electron chi connectivity index (χ0n) is 8.62. The normalized spacial score (nSPS) is 10.1. The first-order valence-electron chi connectivity index (χ1n) is 5.07. The van der Waals surface area contributed by atoms with Crippen molar-refractivity contribution in [1.82, 2.24) is 4.72 Å². The van der Waals surface area contributed by atoms with E-state index in [4.69, 9.17) is 0 Å². The van der Waals surface area contributed by atoms with E-state index in [1.165, 1.54) is 17.9 Å². The molecule has 2 nitrogen and oxygen atoms in total. The first kappa shape index (κ1) is 11.4. The number of benzene rings is 1. The lowest BCUT2D eigenvalue weighted by molar-refractivity contribution is 0.950. The van der Waals surface area contributed by atoms with Crippen molar-refractivity contribution in [1.29, 1.82) is 0 Å². The van der Waals surface area contributed by atoms with Gasteiger partial charge in [0, 0.05) is 24.5 Å². The van der Waals surface area contributed by atoms with E-state index in [2.05, 4.69) is 29.1 Å². The molecule has 0 aliphatic carbocycles. The maximum absolute atomic E-state index is 3.35. The molecule has 0 amide bonds. The summed E-state index contributed by atoms with van der Waals surface area (Å²) in [6.07, 6.45) is 1.23. The Labute approximate surface area is 90.6 Å². The number of para-hydroxylation sites is 1. The molecular formula is C11H18N2S. The Kier molecular flexibility index (Phi) is 6.28. The maximum Gasteiger partial charge on any atom is 0.0340 e. The predicted octanol–water partition coefficient (Wildman–Crippen LogP) is 2.75. The predicted molar refractivity (Wildman–Crippen MR) is 65.7 cm³/mol. The minimum Gasteiger partial charge on any atom is -0.384 e. The molecule has 14 heavy (non-hydrogen) atoms. The number of hydrogen-bond acceptors (Lipinski definition) is 3. The fourth-order valence-electron chi connectivity index (χ4n) is 1.06. The van der Waals surface area contributed by atoms with Crippen LogP contribution in [0.3, 0.4) is 0 Å². The second-order valence-electron chi connectivity index (χ2n) is 3.04. The van der Waals surface area contributed by atoms with Gasteiger partial charge in [0.05, 0.1) is 0 Å². The first-order chi connectivity index (χ1) is 6.93. The standard InChI is InChI=1S/C11H18N2S/c1-2-10-14-13-9-8-12-11-6-4-3-5-7-11/h3-7,12-13H,2,8-10H2,1H3. The molecule has 1 rings (SSSR count). The van der Waals surface area contributed by atoms with Gasteiger partial charge in [-0.25, -0.2) is 0 Å². The number of hydrogen-bond donors (Lipinski definition) is 2. The van der Waals surface area contributed by atoms with E-state index in [9.17, 15) is 0 Å². The topological polar surface area (TPSA) is 24.1 Å². The fraction of sp³-hybridized carbons (Fsp3) is 0.455. The monoisotopic (exact) mass is 210 g/mol. The first-order valence-corrected chi connectivity index (χ1v) is 6.05. The third-order valence-electron chi connectivity index (χ3n) is 1.74. The molecule has 0 spiro atoms. The van der Waals surface area contributed by atoms with Crippen molar-refractivity contribution in [3.8, 4) is 0 Å². The summed E-state index contributed by atoms with van der Waals surface area (Å²) in [7, 11) is 0. The van der Waals surface area contributed by atoms with Crippen LogP contribution in [0, 0.1) is 0 Å². The molecule has 0 saturated heterocycles. The van der Waals surface area contributed by atoms with E-state index in [0.29, 0.717) is 0 Å². The van der Waals surface area contributed by atoms with Crippen molar-refractivity contribution in [3.63, 3.8) is 0 Å². The second-order valence-corrected chi connectivity index (χ2v) is 4.02. The molecule has 0 aliphatic rings. The highest BCUT2D eigenvalue weighted by atomic mass is 32.2. The molecule has 1 aromatic rings. The molecule has 0 aromatic heterocycles. The Morgan fingerprint density at radius 2 is 1.93 bits per heavy atom. The largest absolute Gasteiger partial charge is 0.384 e. The minimum atomic E-state index is 0.973. The van der Waals surface area contributed by atoms with Crippen LogP contribution in [0.5, 0.6) is 0 Å². The van der Waals surface area contributed by atoms with Crippen LogP contribution in [0.2, 0.25) is 0 Å². The van der Waals surface area contributed by atoms with Gasteiger partial charge in [0.25, 0.3) is 0 Å². The van der Waals surface area contributed by atoms with Crippen molar-refractivity contribution >= 4 is 17.6 Å². The van der Waals surface area contributed by atoms with E-state index >= 15 is 0 Å². The zero-order valence-corrected chi connectivity index (χ0v) is 9.44. The molecular weight excluding hydrogens is 192 g/mol. The van der Waals surface area contributed by atoms with E-state index < -0.39 is 0 Å². The minimum absolute atomic E-state index is 0.973. The van der Waals surface area contributed by atoms with Crippen molar-refractivity contribution in [2.75, 3.05) is 24.2 Å². The fourth-order valence-corrected chi connectivity index (χ4v) is 1.66. The quantitative estimate of drug-likeness (QED) is 0.534. The Morgan fingerprint density at radius 1 is 1.14 bits per heavy atom. The third kappa shape index (κ3) is 5.14. The van der Waals surface area contributed by atoms with E-state index in [1.54, 1.807) is 11.9 Å². The van der Waals surface area contributed by atoms with Crippen LogP contribution >= 0.6 is 11.9 Å². The van der Waals surface area contributed by atoms with Gasteiger partial charge in [-0.3, -0.25) is 4.72 Å². The third-order valence-corrected chi connectivity index (χ3v) is 2.76. The van der Waals surface area contributed by atoms with Gasteiger partial charge in [0.1, 0.15) is 0 Å². The SMILES string of the molecule is CCCSNCCNc1ccccc1. The number of anilines is 1. The molecule has 78 valence electrons. The van der Waals surface area contributed by atoms with Gasteiger partial charge in [0.2, 0.25) is 0 Å². The van der Waals surface area contributed by atoms with Gasteiger partial charge in [-0.2, -0.15) is 0 Å². The highest BCUT2D eigenvalue weighted by Crippen LogP contribution is 2.03. The lowest BCUT2D eigenvalue weighted by atomic mass is 10.3. The lowest BCUT2D eigenvalue weighted by Gasteiger charge is -2.06. The van der Waals surface area contributed by atoms with E-state index in [-0.39, 0.29) is 0 Å². The summed E-state index contributed by atoms with van der Waals surface area (Å²) in [6.45, 7) is 4.16. The van der Waals surface area contributed by atoms with Gasteiger partial charge in [-0.15, -0.1) is 0 Å². The number of nitrogens with one attached hydrogen (secondary N) is 2. The molecule has 0 unspecified atom stereocenters. The Hall–Kier alpha value is -0.670. The van der Waals surface area contributed by atoms with Gasteiger partial charge in [0.15, 0.2) is 0 Å².